The van der Waals surface area contributed by atoms with E-state index in [1.165, 1.54) is 0 Å². The second-order valence-corrected chi connectivity index (χ2v) is 6.58. The molecule has 0 amide bonds. The largest absolute Gasteiger partial charge is 0.487 e. The van der Waals surface area contributed by atoms with E-state index in [0.717, 1.165) is 32.9 Å². The molecule has 1 aromatic carbocycles. The predicted molar refractivity (Wildman–Crippen MR) is 92.8 cm³/mol. The van der Waals surface area contributed by atoms with Gasteiger partial charge in [-0.1, -0.05) is 6.92 Å². The van der Waals surface area contributed by atoms with Gasteiger partial charge in [-0.25, -0.2) is 4.98 Å². The van der Waals surface area contributed by atoms with Gasteiger partial charge in [-0.05, 0) is 47.9 Å². The van der Waals surface area contributed by atoms with Gasteiger partial charge in [-0.15, -0.1) is 11.3 Å². The summed E-state index contributed by atoms with van der Waals surface area (Å²) in [6.07, 6.45) is 0.574. The van der Waals surface area contributed by atoms with Gasteiger partial charge in [0.1, 0.15) is 23.8 Å². The summed E-state index contributed by atoms with van der Waals surface area (Å²) in [5.74, 6) is 0.878. The van der Waals surface area contributed by atoms with Gasteiger partial charge in [-0.3, -0.25) is 4.79 Å². The smallest absolute Gasteiger partial charge is 0.311 e. The molecule has 24 heavy (non-hydrogen) atoms. The topological polar surface area (TPSA) is 72.6 Å². The molecule has 0 spiro atoms. The molecule has 1 N–H and O–H groups in total. The fraction of sp³-hybridized carbons (Fsp3) is 0.333. The van der Waals surface area contributed by atoms with E-state index in [9.17, 15) is 9.90 Å². The van der Waals surface area contributed by atoms with Gasteiger partial charge in [0, 0.05) is 11.6 Å². The quantitative estimate of drug-likeness (QED) is 0.703. The van der Waals surface area contributed by atoms with Crippen molar-refractivity contribution in [2.45, 2.75) is 39.7 Å². The summed E-state index contributed by atoms with van der Waals surface area (Å²) in [5.41, 5.74) is 1.66. The van der Waals surface area contributed by atoms with Crippen LogP contribution in [-0.4, -0.2) is 16.1 Å². The van der Waals surface area contributed by atoms with Crippen molar-refractivity contribution in [2.24, 2.45) is 0 Å². The Morgan fingerprint density at radius 1 is 1.42 bits per heavy atom. The highest BCUT2D eigenvalue weighted by Crippen LogP contribution is 2.35. The maximum atomic E-state index is 11.4. The first-order valence-electron chi connectivity index (χ1n) is 7.79. The number of rotatable bonds is 6. The second kappa shape index (κ2) is 6.65. The van der Waals surface area contributed by atoms with Crippen LogP contribution in [0.4, 0.5) is 0 Å². The van der Waals surface area contributed by atoms with Crippen molar-refractivity contribution in [3.8, 4) is 5.75 Å². The number of fused-ring (bicyclic) bond motifs is 1. The van der Waals surface area contributed by atoms with Crippen molar-refractivity contribution < 1.29 is 19.1 Å². The van der Waals surface area contributed by atoms with Gasteiger partial charge in [0.25, 0.3) is 0 Å². The second-order valence-electron chi connectivity index (χ2n) is 5.67. The summed E-state index contributed by atoms with van der Waals surface area (Å²) in [6, 6.07) is 5.75. The predicted octanol–water partition coefficient (Wildman–Crippen LogP) is 4.66. The van der Waals surface area contributed by atoms with E-state index in [4.69, 9.17) is 9.15 Å². The van der Waals surface area contributed by atoms with Gasteiger partial charge >= 0.3 is 5.97 Å². The number of carbonyl (C=O) groups is 1. The minimum Gasteiger partial charge on any atom is -0.487 e. The number of nitrogens with zero attached hydrogens (tertiary/aromatic N) is 1. The van der Waals surface area contributed by atoms with Crippen molar-refractivity contribution in [3.63, 3.8) is 0 Å². The Labute approximate surface area is 143 Å². The van der Waals surface area contributed by atoms with Crippen molar-refractivity contribution in [2.75, 3.05) is 0 Å². The maximum absolute atomic E-state index is 11.4. The lowest BCUT2D eigenvalue weighted by atomic mass is 9.96. The van der Waals surface area contributed by atoms with Crippen LogP contribution < -0.4 is 4.74 Å². The fourth-order valence-corrected chi connectivity index (χ4v) is 3.82. The van der Waals surface area contributed by atoms with E-state index in [2.05, 4.69) is 4.98 Å². The van der Waals surface area contributed by atoms with Gasteiger partial charge in [0.05, 0.1) is 5.92 Å². The standard InChI is InChI=1S/C18H19NO4S/c1-4-13(18(20)21)15-9-24-17-7-12(5-6-14(15)17)22-8-16-10(2)23-11(3)19-16/h5-7,9,13H,4,8H2,1-3H3,(H,20,21). The van der Waals surface area contributed by atoms with Crippen molar-refractivity contribution >= 4 is 27.4 Å². The lowest BCUT2D eigenvalue weighted by Gasteiger charge is -2.09. The third-order valence-electron chi connectivity index (χ3n) is 4.03. The number of aryl methyl sites for hydroxylation is 2. The summed E-state index contributed by atoms with van der Waals surface area (Å²) < 4.78 is 12.2. The first kappa shape index (κ1) is 16.5. The summed E-state index contributed by atoms with van der Waals surface area (Å²) in [7, 11) is 0. The molecule has 3 aromatic rings. The van der Waals surface area contributed by atoms with Crippen LogP contribution in [0, 0.1) is 13.8 Å². The molecule has 0 aliphatic rings. The number of benzene rings is 1. The molecular weight excluding hydrogens is 326 g/mol. The molecule has 2 aromatic heterocycles. The Bertz CT molecular complexity index is 880. The highest BCUT2D eigenvalue weighted by molar-refractivity contribution is 7.17. The zero-order valence-electron chi connectivity index (χ0n) is 13.8. The van der Waals surface area contributed by atoms with Crippen molar-refractivity contribution in [1.82, 2.24) is 4.98 Å². The van der Waals surface area contributed by atoms with Crippen LogP contribution in [0.5, 0.6) is 5.75 Å². The van der Waals surface area contributed by atoms with E-state index in [-0.39, 0.29) is 0 Å². The third kappa shape index (κ3) is 3.14. The number of ether oxygens (including phenoxy) is 1. The number of oxazole rings is 1. The highest BCUT2D eigenvalue weighted by atomic mass is 32.1. The molecule has 5 nitrogen and oxygen atoms in total. The molecule has 6 heteroatoms. The number of aliphatic carboxylic acids is 1. The Morgan fingerprint density at radius 2 is 2.21 bits per heavy atom. The summed E-state index contributed by atoms with van der Waals surface area (Å²) in [5, 5.41) is 12.3. The van der Waals surface area contributed by atoms with E-state index < -0.39 is 11.9 Å². The summed E-state index contributed by atoms with van der Waals surface area (Å²) >= 11 is 1.54. The number of carboxylic acid groups (broad SMARTS) is 1. The van der Waals surface area contributed by atoms with E-state index in [0.29, 0.717) is 18.9 Å². The monoisotopic (exact) mass is 345 g/mol. The zero-order chi connectivity index (χ0) is 17.3. The van der Waals surface area contributed by atoms with Crippen LogP contribution in [-0.2, 0) is 11.4 Å². The van der Waals surface area contributed by atoms with Gasteiger partial charge < -0.3 is 14.3 Å². The molecule has 0 aliphatic heterocycles. The molecule has 0 fully saturated rings. The number of thiophene rings is 1. The minimum absolute atomic E-state index is 0.347. The first-order chi connectivity index (χ1) is 11.5. The normalized spacial score (nSPS) is 12.5. The molecule has 0 saturated carbocycles. The number of carboxylic acids is 1. The van der Waals surface area contributed by atoms with Crippen molar-refractivity contribution in [3.05, 3.63) is 46.5 Å². The number of hydrogen-bond donors (Lipinski definition) is 1. The molecule has 0 radical (unpaired) electrons. The van der Waals surface area contributed by atoms with E-state index in [1.807, 2.05) is 44.4 Å². The molecule has 0 bridgehead atoms. The highest BCUT2D eigenvalue weighted by Gasteiger charge is 2.21. The third-order valence-corrected chi connectivity index (χ3v) is 5.00. The Balaban J connectivity index is 1.82. The van der Waals surface area contributed by atoms with Crippen LogP contribution in [0.25, 0.3) is 10.1 Å². The number of hydrogen-bond acceptors (Lipinski definition) is 5. The maximum Gasteiger partial charge on any atom is 0.311 e. The Hall–Kier alpha value is -2.34. The minimum atomic E-state index is -0.783. The lowest BCUT2D eigenvalue weighted by molar-refractivity contribution is -0.138. The van der Waals surface area contributed by atoms with E-state index >= 15 is 0 Å². The van der Waals surface area contributed by atoms with Crippen LogP contribution in [0.1, 0.15) is 42.2 Å². The fourth-order valence-electron chi connectivity index (χ4n) is 2.77. The molecule has 0 saturated heterocycles. The van der Waals surface area contributed by atoms with Crippen LogP contribution in [0.15, 0.2) is 28.0 Å². The number of aromatic nitrogens is 1. The molecule has 3 rings (SSSR count). The molecular formula is C18H19NO4S. The van der Waals surface area contributed by atoms with Crippen LogP contribution in [0.2, 0.25) is 0 Å². The van der Waals surface area contributed by atoms with Gasteiger partial charge in [-0.2, -0.15) is 0 Å². The molecule has 2 heterocycles. The van der Waals surface area contributed by atoms with Crippen molar-refractivity contribution in [1.29, 1.82) is 0 Å². The Kier molecular flexibility index (Phi) is 4.57. The van der Waals surface area contributed by atoms with E-state index in [1.54, 1.807) is 11.3 Å². The van der Waals surface area contributed by atoms with Crippen LogP contribution in [0.3, 0.4) is 0 Å². The van der Waals surface area contributed by atoms with Crippen LogP contribution >= 0.6 is 11.3 Å². The molecule has 1 atom stereocenters. The van der Waals surface area contributed by atoms with Gasteiger partial charge in [0.15, 0.2) is 5.89 Å². The average molecular weight is 345 g/mol. The molecule has 0 aliphatic carbocycles. The average Bonchev–Trinajstić information content (AvgIpc) is 3.08. The Morgan fingerprint density at radius 3 is 2.83 bits per heavy atom. The zero-order valence-corrected chi connectivity index (χ0v) is 14.6. The first-order valence-corrected chi connectivity index (χ1v) is 8.67. The SMILES string of the molecule is CCC(C(=O)O)c1csc2cc(OCc3nc(C)oc3C)ccc12. The summed E-state index contributed by atoms with van der Waals surface area (Å²) in [4.78, 5) is 15.7. The molecule has 126 valence electrons. The molecule has 1 unspecified atom stereocenters. The van der Waals surface area contributed by atoms with Gasteiger partial charge in [0.2, 0.25) is 0 Å². The summed E-state index contributed by atoms with van der Waals surface area (Å²) in [6.45, 7) is 5.91. The lowest BCUT2D eigenvalue weighted by Crippen LogP contribution is -2.09.